The Bertz CT molecular complexity index is 199. The SMILES string of the molecule is CCC(C)(N)CC1=CCCC=C1. The van der Waals surface area contributed by atoms with Gasteiger partial charge < -0.3 is 5.73 Å². The molecule has 1 nitrogen and oxygen atoms in total. The Morgan fingerprint density at radius 2 is 2.25 bits per heavy atom. The molecule has 0 radical (unpaired) electrons. The van der Waals surface area contributed by atoms with Crippen molar-refractivity contribution in [1.29, 1.82) is 0 Å². The van der Waals surface area contributed by atoms with Crippen LogP contribution in [0.3, 0.4) is 0 Å². The van der Waals surface area contributed by atoms with Gasteiger partial charge in [0.25, 0.3) is 0 Å². The topological polar surface area (TPSA) is 26.0 Å². The summed E-state index contributed by atoms with van der Waals surface area (Å²) in [5, 5.41) is 0. The van der Waals surface area contributed by atoms with E-state index in [1.165, 1.54) is 18.4 Å². The maximum atomic E-state index is 6.07. The van der Waals surface area contributed by atoms with Gasteiger partial charge in [0.05, 0.1) is 0 Å². The summed E-state index contributed by atoms with van der Waals surface area (Å²) in [4.78, 5) is 0. The fourth-order valence-corrected chi connectivity index (χ4v) is 1.39. The fraction of sp³-hybridized carbons (Fsp3) is 0.636. The van der Waals surface area contributed by atoms with Crippen LogP contribution in [0.1, 0.15) is 39.5 Å². The van der Waals surface area contributed by atoms with Crippen LogP contribution in [0.25, 0.3) is 0 Å². The summed E-state index contributed by atoms with van der Waals surface area (Å²) in [6.45, 7) is 4.27. The van der Waals surface area contributed by atoms with Crippen molar-refractivity contribution in [2.24, 2.45) is 5.73 Å². The summed E-state index contributed by atoms with van der Waals surface area (Å²) in [5.41, 5.74) is 7.46. The van der Waals surface area contributed by atoms with Crippen molar-refractivity contribution >= 4 is 0 Å². The predicted octanol–water partition coefficient (Wildman–Crippen LogP) is 2.78. The Labute approximate surface area is 75.3 Å². The van der Waals surface area contributed by atoms with Crippen molar-refractivity contribution < 1.29 is 0 Å². The molecule has 1 heteroatoms. The predicted molar refractivity (Wildman–Crippen MR) is 54.0 cm³/mol. The summed E-state index contributed by atoms with van der Waals surface area (Å²) in [6.07, 6.45) is 11.2. The smallest absolute Gasteiger partial charge is 0.0163 e. The zero-order valence-electron chi connectivity index (χ0n) is 8.14. The van der Waals surface area contributed by atoms with E-state index in [1.807, 2.05) is 0 Å². The van der Waals surface area contributed by atoms with Crippen LogP contribution in [-0.4, -0.2) is 5.54 Å². The molecule has 0 saturated carbocycles. The molecule has 0 heterocycles. The lowest BCUT2D eigenvalue weighted by Crippen LogP contribution is -2.35. The monoisotopic (exact) mass is 165 g/mol. The van der Waals surface area contributed by atoms with E-state index in [9.17, 15) is 0 Å². The lowest BCUT2D eigenvalue weighted by molar-refractivity contribution is 0.450. The van der Waals surface area contributed by atoms with Crippen LogP contribution in [0.2, 0.25) is 0 Å². The van der Waals surface area contributed by atoms with Crippen LogP contribution in [0.15, 0.2) is 23.8 Å². The third-order valence-electron chi connectivity index (χ3n) is 2.49. The second-order valence-electron chi connectivity index (χ2n) is 3.94. The molecule has 2 N–H and O–H groups in total. The van der Waals surface area contributed by atoms with Gasteiger partial charge >= 0.3 is 0 Å². The van der Waals surface area contributed by atoms with Gasteiger partial charge in [0.15, 0.2) is 0 Å². The molecule has 1 rings (SSSR count). The molecule has 0 saturated heterocycles. The minimum Gasteiger partial charge on any atom is -0.325 e. The maximum absolute atomic E-state index is 6.07. The third kappa shape index (κ3) is 2.82. The second-order valence-corrected chi connectivity index (χ2v) is 3.94. The highest BCUT2D eigenvalue weighted by Gasteiger charge is 2.16. The minimum absolute atomic E-state index is 0.0203. The van der Waals surface area contributed by atoms with Crippen LogP contribution >= 0.6 is 0 Å². The molecule has 1 aliphatic rings. The quantitative estimate of drug-likeness (QED) is 0.683. The van der Waals surface area contributed by atoms with Gasteiger partial charge in [-0.1, -0.05) is 30.7 Å². The van der Waals surface area contributed by atoms with Crippen LogP contribution in [0.4, 0.5) is 0 Å². The third-order valence-corrected chi connectivity index (χ3v) is 2.49. The first-order valence-corrected chi connectivity index (χ1v) is 4.78. The van der Waals surface area contributed by atoms with Crippen LogP contribution in [-0.2, 0) is 0 Å². The summed E-state index contributed by atoms with van der Waals surface area (Å²) in [7, 11) is 0. The van der Waals surface area contributed by atoms with Crippen molar-refractivity contribution in [3.05, 3.63) is 23.8 Å². The highest BCUT2D eigenvalue weighted by Crippen LogP contribution is 2.21. The van der Waals surface area contributed by atoms with Gasteiger partial charge in [-0.3, -0.25) is 0 Å². The summed E-state index contributed by atoms with van der Waals surface area (Å²) in [6, 6.07) is 0. The molecular weight excluding hydrogens is 146 g/mol. The summed E-state index contributed by atoms with van der Waals surface area (Å²) < 4.78 is 0. The lowest BCUT2D eigenvalue weighted by Gasteiger charge is -2.23. The van der Waals surface area contributed by atoms with E-state index < -0.39 is 0 Å². The Morgan fingerprint density at radius 3 is 2.75 bits per heavy atom. The molecule has 0 fully saturated rings. The van der Waals surface area contributed by atoms with Gasteiger partial charge in [0.1, 0.15) is 0 Å². The number of nitrogens with two attached hydrogens (primary N) is 1. The normalized spacial score (nSPS) is 21.8. The Hall–Kier alpha value is -0.560. The number of rotatable bonds is 3. The average Bonchev–Trinajstić information content (AvgIpc) is 2.06. The molecule has 0 spiro atoms. The summed E-state index contributed by atoms with van der Waals surface area (Å²) >= 11 is 0. The number of hydrogen-bond donors (Lipinski definition) is 1. The molecule has 0 aromatic carbocycles. The zero-order valence-corrected chi connectivity index (χ0v) is 8.14. The molecule has 0 amide bonds. The molecule has 1 atom stereocenters. The maximum Gasteiger partial charge on any atom is 0.0163 e. The first-order chi connectivity index (χ1) is 5.64. The summed E-state index contributed by atoms with van der Waals surface area (Å²) in [5.74, 6) is 0. The van der Waals surface area contributed by atoms with Crippen LogP contribution < -0.4 is 5.73 Å². The van der Waals surface area contributed by atoms with Crippen LogP contribution in [0.5, 0.6) is 0 Å². The Balaban J connectivity index is 2.50. The van der Waals surface area contributed by atoms with Gasteiger partial charge in [-0.25, -0.2) is 0 Å². The van der Waals surface area contributed by atoms with Crippen molar-refractivity contribution in [3.63, 3.8) is 0 Å². The number of allylic oxidation sites excluding steroid dienone is 3. The highest BCUT2D eigenvalue weighted by atomic mass is 14.7. The zero-order chi connectivity index (χ0) is 9.03. The second kappa shape index (κ2) is 3.90. The molecule has 0 bridgehead atoms. The van der Waals surface area contributed by atoms with E-state index in [2.05, 4.69) is 32.1 Å². The van der Waals surface area contributed by atoms with Crippen molar-refractivity contribution in [1.82, 2.24) is 0 Å². The fourth-order valence-electron chi connectivity index (χ4n) is 1.39. The van der Waals surface area contributed by atoms with E-state index in [4.69, 9.17) is 5.73 Å². The van der Waals surface area contributed by atoms with E-state index >= 15 is 0 Å². The average molecular weight is 165 g/mol. The van der Waals surface area contributed by atoms with E-state index in [1.54, 1.807) is 0 Å². The van der Waals surface area contributed by atoms with Crippen molar-refractivity contribution in [2.75, 3.05) is 0 Å². The molecule has 0 aromatic heterocycles. The molecular formula is C11H19N. The van der Waals surface area contributed by atoms with Crippen LogP contribution in [0, 0.1) is 0 Å². The van der Waals surface area contributed by atoms with Gasteiger partial charge in [-0.15, -0.1) is 0 Å². The van der Waals surface area contributed by atoms with E-state index in [0.29, 0.717) is 0 Å². The Kier molecular flexibility index (Phi) is 3.10. The highest BCUT2D eigenvalue weighted by molar-refractivity contribution is 5.24. The van der Waals surface area contributed by atoms with Crippen molar-refractivity contribution in [2.45, 2.75) is 45.1 Å². The lowest BCUT2D eigenvalue weighted by atomic mass is 9.89. The molecule has 1 aliphatic carbocycles. The van der Waals surface area contributed by atoms with Gasteiger partial charge in [0, 0.05) is 5.54 Å². The van der Waals surface area contributed by atoms with E-state index in [0.717, 1.165) is 12.8 Å². The molecule has 0 aromatic rings. The van der Waals surface area contributed by atoms with Gasteiger partial charge in [-0.2, -0.15) is 0 Å². The Morgan fingerprint density at radius 1 is 1.50 bits per heavy atom. The molecule has 0 aliphatic heterocycles. The van der Waals surface area contributed by atoms with Gasteiger partial charge in [-0.05, 0) is 32.6 Å². The van der Waals surface area contributed by atoms with E-state index in [-0.39, 0.29) is 5.54 Å². The first-order valence-electron chi connectivity index (χ1n) is 4.78. The molecule has 1 unspecified atom stereocenters. The largest absolute Gasteiger partial charge is 0.325 e. The van der Waals surface area contributed by atoms with Crippen molar-refractivity contribution in [3.8, 4) is 0 Å². The molecule has 12 heavy (non-hydrogen) atoms. The number of hydrogen-bond acceptors (Lipinski definition) is 1. The first kappa shape index (κ1) is 9.53. The molecule has 68 valence electrons. The minimum atomic E-state index is -0.0203. The standard InChI is InChI=1S/C11H19N/c1-3-11(2,12)9-10-7-5-4-6-8-10/h5,7-8H,3-4,6,9,12H2,1-2H3. The van der Waals surface area contributed by atoms with Gasteiger partial charge in [0.2, 0.25) is 0 Å².